The first-order valence-electron chi connectivity index (χ1n) is 8.69. The summed E-state index contributed by atoms with van der Waals surface area (Å²) in [7, 11) is 0. The van der Waals surface area contributed by atoms with Crippen LogP contribution in [0.2, 0.25) is 5.02 Å². The highest BCUT2D eigenvalue weighted by molar-refractivity contribution is 6.31. The van der Waals surface area contributed by atoms with Gasteiger partial charge in [0.05, 0.1) is 11.2 Å². The number of carbonyl (C=O) groups excluding carboxylic acids is 2. The standard InChI is InChI=1S/C18H16ClF4N3O3/c19-13-7-10(1-3-14(13)20)16-11(8-24-29-16)2-4-15(27)26-6-5-12(9-26)25-17(28)18(21,22)23/h1,3,7-8,12H,2,4-6,9H2,(H,25,28)/t12-/m0/s1. The van der Waals surface area contributed by atoms with E-state index in [1.54, 1.807) is 0 Å². The molecule has 0 radical (unpaired) electrons. The van der Waals surface area contributed by atoms with Crippen molar-refractivity contribution in [1.29, 1.82) is 0 Å². The van der Waals surface area contributed by atoms with Crippen molar-refractivity contribution in [1.82, 2.24) is 15.4 Å². The SMILES string of the molecule is O=C(CCc1cnoc1-c1ccc(F)c(Cl)c1)N1CC[C@H](NC(=O)C(F)(F)F)C1. The summed E-state index contributed by atoms with van der Waals surface area (Å²) in [6, 6.07) is 3.31. The second kappa shape index (κ2) is 8.40. The lowest BCUT2D eigenvalue weighted by Crippen LogP contribution is -2.44. The minimum atomic E-state index is -4.95. The van der Waals surface area contributed by atoms with Crippen molar-refractivity contribution in [2.45, 2.75) is 31.5 Å². The predicted molar refractivity (Wildman–Crippen MR) is 94.4 cm³/mol. The number of nitrogens with zero attached hydrogens (tertiary/aromatic N) is 2. The summed E-state index contributed by atoms with van der Waals surface area (Å²) in [6.07, 6.45) is -2.92. The molecule has 2 heterocycles. The van der Waals surface area contributed by atoms with E-state index in [0.717, 1.165) is 0 Å². The molecule has 0 unspecified atom stereocenters. The molecule has 0 bridgehead atoms. The van der Waals surface area contributed by atoms with E-state index in [1.807, 2.05) is 5.32 Å². The van der Waals surface area contributed by atoms with Crippen LogP contribution in [0.5, 0.6) is 0 Å². The topological polar surface area (TPSA) is 75.4 Å². The summed E-state index contributed by atoms with van der Waals surface area (Å²) in [6.45, 7) is 0.274. The lowest BCUT2D eigenvalue weighted by atomic mass is 10.1. The number of alkyl halides is 3. The molecule has 1 saturated heterocycles. The summed E-state index contributed by atoms with van der Waals surface area (Å²) < 4.78 is 55.5. The maximum atomic E-state index is 13.3. The molecule has 0 saturated carbocycles. The Morgan fingerprint density at radius 2 is 2.10 bits per heavy atom. The zero-order chi connectivity index (χ0) is 21.2. The number of carbonyl (C=O) groups is 2. The molecule has 1 fully saturated rings. The van der Waals surface area contributed by atoms with Crippen molar-refractivity contribution in [3.05, 3.63) is 40.8 Å². The van der Waals surface area contributed by atoms with Gasteiger partial charge in [-0.15, -0.1) is 0 Å². The molecule has 3 rings (SSSR count). The van der Waals surface area contributed by atoms with E-state index in [9.17, 15) is 27.2 Å². The molecule has 0 aliphatic carbocycles. The summed E-state index contributed by atoms with van der Waals surface area (Å²) in [5, 5.41) is 5.51. The fourth-order valence-electron chi connectivity index (χ4n) is 3.09. The average molecular weight is 434 g/mol. The summed E-state index contributed by atoms with van der Waals surface area (Å²) in [5.41, 5.74) is 1.12. The third-order valence-corrected chi connectivity index (χ3v) is 4.86. The van der Waals surface area contributed by atoms with Gasteiger partial charge in [0.25, 0.3) is 0 Å². The molecule has 1 aromatic carbocycles. The van der Waals surface area contributed by atoms with E-state index in [0.29, 0.717) is 16.9 Å². The van der Waals surface area contributed by atoms with Crippen LogP contribution in [-0.2, 0) is 16.0 Å². The molecule has 11 heteroatoms. The smallest absolute Gasteiger partial charge is 0.356 e. The van der Waals surface area contributed by atoms with Crippen LogP contribution in [0.4, 0.5) is 17.6 Å². The van der Waals surface area contributed by atoms with Crippen molar-refractivity contribution >= 4 is 23.4 Å². The second-order valence-electron chi connectivity index (χ2n) is 6.61. The van der Waals surface area contributed by atoms with Gasteiger partial charge >= 0.3 is 12.1 Å². The van der Waals surface area contributed by atoms with Gasteiger partial charge in [0, 0.05) is 36.7 Å². The lowest BCUT2D eigenvalue weighted by Gasteiger charge is -2.17. The van der Waals surface area contributed by atoms with Crippen LogP contribution in [0.25, 0.3) is 11.3 Å². The van der Waals surface area contributed by atoms with Gasteiger partial charge in [0.2, 0.25) is 5.91 Å². The minimum Gasteiger partial charge on any atom is -0.356 e. The molecule has 1 N–H and O–H groups in total. The molecule has 1 aliphatic heterocycles. The third kappa shape index (κ3) is 5.06. The number of likely N-dealkylation sites (tertiary alicyclic amines) is 1. The van der Waals surface area contributed by atoms with Gasteiger partial charge in [-0.1, -0.05) is 16.8 Å². The highest BCUT2D eigenvalue weighted by Gasteiger charge is 2.41. The highest BCUT2D eigenvalue weighted by Crippen LogP contribution is 2.28. The molecule has 29 heavy (non-hydrogen) atoms. The van der Waals surface area contributed by atoms with Crippen LogP contribution in [-0.4, -0.2) is 47.2 Å². The Morgan fingerprint density at radius 1 is 1.34 bits per heavy atom. The quantitative estimate of drug-likeness (QED) is 0.734. The number of halogens is 5. The minimum absolute atomic E-state index is 0.0186. The maximum Gasteiger partial charge on any atom is 0.471 e. The maximum absolute atomic E-state index is 13.3. The van der Waals surface area contributed by atoms with E-state index in [1.165, 1.54) is 29.3 Å². The number of nitrogens with one attached hydrogen (secondary N) is 1. The van der Waals surface area contributed by atoms with Gasteiger partial charge in [-0.3, -0.25) is 9.59 Å². The van der Waals surface area contributed by atoms with Crippen LogP contribution >= 0.6 is 11.6 Å². The van der Waals surface area contributed by atoms with E-state index in [2.05, 4.69) is 5.16 Å². The Kier molecular flexibility index (Phi) is 6.11. The first kappa shape index (κ1) is 21.1. The fourth-order valence-corrected chi connectivity index (χ4v) is 3.27. The Morgan fingerprint density at radius 3 is 2.79 bits per heavy atom. The largest absolute Gasteiger partial charge is 0.471 e. The van der Waals surface area contributed by atoms with Gasteiger partial charge in [0.15, 0.2) is 5.76 Å². The first-order valence-corrected chi connectivity index (χ1v) is 9.07. The van der Waals surface area contributed by atoms with Crippen LogP contribution in [0, 0.1) is 5.82 Å². The number of aromatic nitrogens is 1. The van der Waals surface area contributed by atoms with Crippen LogP contribution < -0.4 is 5.32 Å². The van der Waals surface area contributed by atoms with Crippen LogP contribution in [0.3, 0.4) is 0 Å². The number of hydrogen-bond donors (Lipinski definition) is 1. The van der Waals surface area contributed by atoms with E-state index >= 15 is 0 Å². The van der Waals surface area contributed by atoms with Crippen molar-refractivity contribution in [2.24, 2.45) is 0 Å². The summed E-state index contributed by atoms with van der Waals surface area (Å²) >= 11 is 5.78. The van der Waals surface area contributed by atoms with Gasteiger partial charge in [-0.05, 0) is 31.0 Å². The first-order chi connectivity index (χ1) is 13.6. The Labute approximate surface area is 167 Å². The van der Waals surface area contributed by atoms with E-state index < -0.39 is 23.9 Å². The molecule has 0 spiro atoms. The molecule has 156 valence electrons. The number of amides is 2. The van der Waals surface area contributed by atoms with Gasteiger partial charge in [-0.2, -0.15) is 13.2 Å². The Hall–Kier alpha value is -2.62. The molecule has 1 atom stereocenters. The summed E-state index contributed by atoms with van der Waals surface area (Å²) in [4.78, 5) is 24.8. The predicted octanol–water partition coefficient (Wildman–Crippen LogP) is 3.35. The number of rotatable bonds is 5. The Bertz CT molecular complexity index is 916. The average Bonchev–Trinajstić information content (AvgIpc) is 3.30. The zero-order valence-electron chi connectivity index (χ0n) is 14.9. The van der Waals surface area contributed by atoms with Crippen molar-refractivity contribution in [3.63, 3.8) is 0 Å². The third-order valence-electron chi connectivity index (χ3n) is 4.57. The molecular weight excluding hydrogens is 418 g/mol. The molecular formula is C18H16ClF4N3O3. The second-order valence-corrected chi connectivity index (χ2v) is 7.01. The highest BCUT2D eigenvalue weighted by atomic mass is 35.5. The number of aryl methyl sites for hydroxylation is 1. The van der Waals surface area contributed by atoms with Gasteiger partial charge in [0.1, 0.15) is 5.82 Å². The Balaban J connectivity index is 1.56. The number of benzene rings is 1. The lowest BCUT2D eigenvalue weighted by molar-refractivity contribution is -0.174. The monoisotopic (exact) mass is 433 g/mol. The van der Waals surface area contributed by atoms with Crippen molar-refractivity contribution in [2.75, 3.05) is 13.1 Å². The molecule has 1 aromatic heterocycles. The van der Waals surface area contributed by atoms with E-state index in [4.69, 9.17) is 16.1 Å². The fraction of sp³-hybridized carbons (Fsp3) is 0.389. The van der Waals surface area contributed by atoms with Gasteiger partial charge in [-0.25, -0.2) is 4.39 Å². The van der Waals surface area contributed by atoms with Gasteiger partial charge < -0.3 is 14.7 Å². The van der Waals surface area contributed by atoms with Crippen LogP contribution in [0.15, 0.2) is 28.9 Å². The summed E-state index contributed by atoms with van der Waals surface area (Å²) in [5.74, 6) is -2.49. The molecule has 6 nitrogen and oxygen atoms in total. The number of hydrogen-bond acceptors (Lipinski definition) is 4. The zero-order valence-corrected chi connectivity index (χ0v) is 15.7. The normalized spacial score (nSPS) is 16.9. The van der Waals surface area contributed by atoms with Crippen molar-refractivity contribution < 1.29 is 31.7 Å². The molecule has 2 amide bonds. The molecule has 1 aliphatic rings. The van der Waals surface area contributed by atoms with E-state index in [-0.39, 0.29) is 43.3 Å². The van der Waals surface area contributed by atoms with Crippen molar-refractivity contribution in [3.8, 4) is 11.3 Å². The molecule has 2 aromatic rings. The van der Waals surface area contributed by atoms with Crippen LogP contribution in [0.1, 0.15) is 18.4 Å².